The van der Waals surface area contributed by atoms with Gasteiger partial charge < -0.3 is 25.5 Å². The quantitative estimate of drug-likeness (QED) is 0.440. The predicted octanol–water partition coefficient (Wildman–Crippen LogP) is -2.06. The van der Waals surface area contributed by atoms with E-state index in [0.29, 0.717) is 6.54 Å². The third kappa shape index (κ3) is 3.98. The van der Waals surface area contributed by atoms with Crippen LogP contribution in [0.15, 0.2) is 0 Å². The van der Waals surface area contributed by atoms with Crippen LogP contribution in [0.5, 0.6) is 0 Å². The molecule has 4 N–H and O–H groups in total. The molecule has 0 spiro atoms. The molecule has 1 aromatic heterocycles. The van der Waals surface area contributed by atoms with Crippen LogP contribution in [0.3, 0.4) is 0 Å². The summed E-state index contributed by atoms with van der Waals surface area (Å²) in [6, 6.07) is -0.869. The van der Waals surface area contributed by atoms with E-state index < -0.39 is 26.3 Å². The zero-order valence-electron chi connectivity index (χ0n) is 14.6. The van der Waals surface area contributed by atoms with Crippen molar-refractivity contribution in [3.63, 3.8) is 0 Å². The predicted molar refractivity (Wildman–Crippen MR) is 90.2 cm³/mol. The molecule has 0 saturated carbocycles. The second-order valence-electron chi connectivity index (χ2n) is 7.60. The molecule has 9 heteroatoms. The average Bonchev–Trinajstić information content (AvgIpc) is 2.94. The van der Waals surface area contributed by atoms with Crippen LogP contribution in [-0.2, 0) is 13.1 Å². The average molecular weight is 344 g/mol. The van der Waals surface area contributed by atoms with Gasteiger partial charge in [-0.3, -0.25) is 0 Å². The minimum atomic E-state index is -1.62. The molecule has 23 heavy (non-hydrogen) atoms. The van der Waals surface area contributed by atoms with Gasteiger partial charge in [-0.15, -0.1) is 5.10 Å². The summed E-state index contributed by atoms with van der Waals surface area (Å²) in [5.74, 6) is 0. The van der Waals surface area contributed by atoms with Crippen LogP contribution < -0.4 is 10.6 Å². The normalized spacial score (nSPS) is 28.7. The molecule has 1 aliphatic heterocycles. The van der Waals surface area contributed by atoms with E-state index >= 15 is 0 Å². The molecule has 0 amide bonds. The van der Waals surface area contributed by atoms with Gasteiger partial charge in [-0.2, -0.15) is 0 Å². The zero-order valence-corrected chi connectivity index (χ0v) is 15.6. The van der Waals surface area contributed by atoms with E-state index in [9.17, 15) is 15.3 Å². The molecule has 1 aromatic rings. The van der Waals surface area contributed by atoms with Crippen molar-refractivity contribution in [2.45, 2.75) is 57.0 Å². The van der Waals surface area contributed by atoms with Crippen LogP contribution >= 0.6 is 0 Å². The summed E-state index contributed by atoms with van der Waals surface area (Å²) in [7, 11) is 2.38. The largest absolute Gasteiger partial charge is 0.395 e. The summed E-state index contributed by atoms with van der Waals surface area (Å²) >= 11 is 0. The number of aliphatic hydroxyl groups is 3. The van der Waals surface area contributed by atoms with E-state index in [4.69, 9.17) is 0 Å². The Morgan fingerprint density at radius 1 is 1.17 bits per heavy atom. The first-order valence-electron chi connectivity index (χ1n) is 7.95. The van der Waals surface area contributed by atoms with Gasteiger partial charge in [-0.1, -0.05) is 24.9 Å². The van der Waals surface area contributed by atoms with Gasteiger partial charge in [0, 0.05) is 6.54 Å². The molecule has 1 aliphatic rings. The molecule has 0 aromatic carbocycles. The summed E-state index contributed by atoms with van der Waals surface area (Å²) in [5, 5.41) is 42.2. The van der Waals surface area contributed by atoms with E-state index in [1.807, 2.05) is 18.8 Å². The van der Waals surface area contributed by atoms with Crippen LogP contribution in [0.1, 0.15) is 5.69 Å². The van der Waals surface area contributed by atoms with Gasteiger partial charge in [0.2, 0.25) is 0 Å². The van der Waals surface area contributed by atoms with Crippen LogP contribution in [0.2, 0.25) is 19.6 Å². The standard InChI is InChI=1S/C14H29N5O3Si/c1-18(2)7-11-14(23(3,4)5)16-17-19(11)6-9-12(21)13(22)10(8-20)15-9/h9-10,12-13,15,20-22H,6-8H2,1-5H3/t9-,10-,12-,13-/m1/s1. The maximum atomic E-state index is 10.2. The van der Waals surface area contributed by atoms with Crippen LogP contribution in [0.25, 0.3) is 0 Å². The lowest BCUT2D eigenvalue weighted by Gasteiger charge is -2.21. The Morgan fingerprint density at radius 3 is 2.26 bits per heavy atom. The fourth-order valence-corrected chi connectivity index (χ4v) is 4.39. The molecule has 132 valence electrons. The molecule has 8 nitrogen and oxygen atoms in total. The topological polar surface area (TPSA) is 107 Å². The van der Waals surface area contributed by atoms with E-state index in [0.717, 1.165) is 17.6 Å². The van der Waals surface area contributed by atoms with Crippen molar-refractivity contribution in [2.75, 3.05) is 20.7 Å². The first-order chi connectivity index (χ1) is 10.6. The fourth-order valence-electron chi connectivity index (χ4n) is 2.97. The minimum absolute atomic E-state index is 0.212. The number of nitrogens with one attached hydrogen (secondary N) is 1. The first kappa shape index (κ1) is 18.5. The van der Waals surface area contributed by atoms with Gasteiger partial charge in [0.25, 0.3) is 0 Å². The molecule has 0 radical (unpaired) electrons. The zero-order chi connectivity index (χ0) is 17.4. The summed E-state index contributed by atoms with van der Waals surface area (Å²) in [4.78, 5) is 2.07. The molecule has 2 rings (SSSR count). The van der Waals surface area contributed by atoms with Gasteiger partial charge in [0.1, 0.15) is 8.07 Å². The molecule has 2 heterocycles. The number of aliphatic hydroxyl groups excluding tert-OH is 3. The summed E-state index contributed by atoms with van der Waals surface area (Å²) in [6.07, 6.45) is -1.90. The van der Waals surface area contributed by atoms with Crippen molar-refractivity contribution in [1.29, 1.82) is 0 Å². The lowest BCUT2D eigenvalue weighted by atomic mass is 10.1. The van der Waals surface area contributed by atoms with Crippen molar-refractivity contribution in [2.24, 2.45) is 0 Å². The summed E-state index contributed by atoms with van der Waals surface area (Å²) < 4.78 is 1.82. The number of rotatable bonds is 6. The Hall–Kier alpha value is -0.843. The molecular formula is C14H29N5O3Si. The van der Waals surface area contributed by atoms with Gasteiger partial charge in [0.05, 0.1) is 48.5 Å². The van der Waals surface area contributed by atoms with E-state index in [1.165, 1.54) is 0 Å². The molecule has 0 aliphatic carbocycles. The highest BCUT2D eigenvalue weighted by Gasteiger charge is 2.41. The lowest BCUT2D eigenvalue weighted by Crippen LogP contribution is -2.43. The maximum absolute atomic E-state index is 10.2. The SMILES string of the molecule is CN(C)Cc1c([Si](C)(C)C)nnn1C[C@H]1N[C@H](CO)[C@@H](O)[C@@H]1O. The molecule has 4 atom stereocenters. The molecule has 0 bridgehead atoms. The Balaban J connectivity index is 2.25. The van der Waals surface area contributed by atoms with Crippen molar-refractivity contribution in [3.8, 4) is 0 Å². The third-order valence-electron chi connectivity index (χ3n) is 4.18. The Kier molecular flexibility index (Phi) is 5.59. The van der Waals surface area contributed by atoms with Crippen LogP contribution in [-0.4, -0.2) is 88.3 Å². The number of hydrogen-bond acceptors (Lipinski definition) is 7. The minimum Gasteiger partial charge on any atom is -0.395 e. The second kappa shape index (κ2) is 6.95. The summed E-state index contributed by atoms with van der Waals surface area (Å²) in [5.41, 5.74) is 1.06. The molecular weight excluding hydrogens is 314 g/mol. The third-order valence-corrected chi connectivity index (χ3v) is 5.99. The maximum Gasteiger partial charge on any atom is 0.106 e. The van der Waals surface area contributed by atoms with Gasteiger partial charge >= 0.3 is 0 Å². The monoisotopic (exact) mass is 343 g/mol. The van der Waals surface area contributed by atoms with E-state index in [-0.39, 0.29) is 12.6 Å². The van der Waals surface area contributed by atoms with Crippen LogP contribution in [0.4, 0.5) is 0 Å². The number of hydrogen-bond donors (Lipinski definition) is 4. The second-order valence-corrected chi connectivity index (χ2v) is 12.6. The van der Waals surface area contributed by atoms with Crippen LogP contribution in [0, 0.1) is 0 Å². The molecule has 0 unspecified atom stereocenters. The van der Waals surface area contributed by atoms with Gasteiger partial charge in [-0.05, 0) is 14.1 Å². The van der Waals surface area contributed by atoms with Crippen molar-refractivity contribution in [1.82, 2.24) is 25.2 Å². The van der Waals surface area contributed by atoms with Crippen molar-refractivity contribution < 1.29 is 15.3 Å². The lowest BCUT2D eigenvalue weighted by molar-refractivity contribution is 0.0174. The Morgan fingerprint density at radius 2 is 1.78 bits per heavy atom. The fraction of sp³-hybridized carbons (Fsp3) is 0.857. The van der Waals surface area contributed by atoms with Crippen molar-refractivity contribution in [3.05, 3.63) is 5.69 Å². The van der Waals surface area contributed by atoms with Gasteiger partial charge in [0.15, 0.2) is 0 Å². The highest BCUT2D eigenvalue weighted by Crippen LogP contribution is 2.17. The number of aromatic nitrogens is 3. The van der Waals surface area contributed by atoms with Crippen molar-refractivity contribution >= 4 is 13.4 Å². The Labute approximate surface area is 138 Å². The smallest absolute Gasteiger partial charge is 0.106 e. The molecule has 1 fully saturated rings. The molecule has 1 saturated heterocycles. The highest BCUT2D eigenvalue weighted by atomic mass is 28.3. The Bertz CT molecular complexity index is 531. The first-order valence-corrected chi connectivity index (χ1v) is 11.5. The highest BCUT2D eigenvalue weighted by molar-refractivity contribution is 6.88. The summed E-state index contributed by atoms with van der Waals surface area (Å²) in [6.45, 7) is 7.62. The number of nitrogens with zero attached hydrogens (tertiary/aromatic N) is 4. The van der Waals surface area contributed by atoms with E-state index in [2.05, 4.69) is 40.2 Å². The van der Waals surface area contributed by atoms with E-state index in [1.54, 1.807) is 0 Å². The van der Waals surface area contributed by atoms with Gasteiger partial charge in [-0.25, -0.2) is 4.68 Å².